The highest BCUT2D eigenvalue weighted by molar-refractivity contribution is 6.33. The van der Waals surface area contributed by atoms with Gasteiger partial charge in [0.05, 0.1) is 16.3 Å². The smallest absolute Gasteiger partial charge is 0.258 e. The van der Waals surface area contributed by atoms with E-state index in [1.807, 2.05) is 0 Å². The standard InChI is InChI=1S/C17H12ClFN4O/c18-14-6-1-2-7-15(14)23-16(24)11-9-20-17(21-10-11)22-13-5-3-4-12(19)8-13/h1-10H,(H,23,24)(H,20,21,22). The molecular weight excluding hydrogens is 331 g/mol. The minimum Gasteiger partial charge on any atom is -0.324 e. The van der Waals surface area contributed by atoms with Gasteiger partial charge in [-0.25, -0.2) is 14.4 Å². The highest BCUT2D eigenvalue weighted by atomic mass is 35.5. The topological polar surface area (TPSA) is 66.9 Å². The maximum atomic E-state index is 13.1. The van der Waals surface area contributed by atoms with Crippen LogP contribution in [0.15, 0.2) is 60.9 Å². The molecule has 0 radical (unpaired) electrons. The van der Waals surface area contributed by atoms with E-state index in [1.165, 1.54) is 24.5 Å². The lowest BCUT2D eigenvalue weighted by atomic mass is 10.2. The molecule has 0 spiro atoms. The number of benzene rings is 2. The minimum atomic E-state index is -0.375. The summed E-state index contributed by atoms with van der Waals surface area (Å²) in [4.78, 5) is 20.3. The molecule has 2 aromatic carbocycles. The van der Waals surface area contributed by atoms with E-state index in [1.54, 1.807) is 36.4 Å². The Morgan fingerprint density at radius 3 is 2.50 bits per heavy atom. The lowest BCUT2D eigenvalue weighted by Crippen LogP contribution is -2.13. The quantitative estimate of drug-likeness (QED) is 0.743. The zero-order valence-electron chi connectivity index (χ0n) is 12.3. The molecule has 0 atom stereocenters. The molecule has 7 heteroatoms. The molecule has 0 unspecified atom stereocenters. The third-order valence-corrected chi connectivity index (χ3v) is 3.45. The molecule has 0 saturated heterocycles. The van der Waals surface area contributed by atoms with E-state index >= 15 is 0 Å². The summed E-state index contributed by atoms with van der Waals surface area (Å²) in [5.74, 6) is -0.481. The number of hydrogen-bond acceptors (Lipinski definition) is 4. The summed E-state index contributed by atoms with van der Waals surface area (Å²) in [7, 11) is 0. The Labute approximate surface area is 142 Å². The van der Waals surface area contributed by atoms with Crippen molar-refractivity contribution in [2.24, 2.45) is 0 Å². The summed E-state index contributed by atoms with van der Waals surface area (Å²) in [6.45, 7) is 0. The monoisotopic (exact) mass is 342 g/mol. The number of para-hydroxylation sites is 1. The van der Waals surface area contributed by atoms with Crippen molar-refractivity contribution in [1.29, 1.82) is 0 Å². The van der Waals surface area contributed by atoms with Gasteiger partial charge < -0.3 is 10.6 Å². The van der Waals surface area contributed by atoms with Crippen molar-refractivity contribution in [2.45, 2.75) is 0 Å². The first kappa shape index (κ1) is 15.9. The predicted molar refractivity (Wildman–Crippen MR) is 91.1 cm³/mol. The lowest BCUT2D eigenvalue weighted by molar-refractivity contribution is 0.102. The van der Waals surface area contributed by atoms with Gasteiger partial charge in [-0.05, 0) is 30.3 Å². The maximum absolute atomic E-state index is 13.1. The Morgan fingerprint density at radius 2 is 1.79 bits per heavy atom. The van der Waals surface area contributed by atoms with Gasteiger partial charge in [-0.1, -0.05) is 29.8 Å². The molecule has 3 aromatic rings. The van der Waals surface area contributed by atoms with E-state index in [9.17, 15) is 9.18 Å². The van der Waals surface area contributed by atoms with Gasteiger partial charge in [-0.2, -0.15) is 0 Å². The van der Waals surface area contributed by atoms with Gasteiger partial charge in [0.15, 0.2) is 0 Å². The molecule has 24 heavy (non-hydrogen) atoms. The molecular formula is C17H12ClFN4O. The first-order chi connectivity index (χ1) is 11.6. The largest absolute Gasteiger partial charge is 0.324 e. The van der Waals surface area contributed by atoms with Crippen LogP contribution in [0.3, 0.4) is 0 Å². The van der Waals surface area contributed by atoms with Gasteiger partial charge in [0, 0.05) is 18.1 Å². The van der Waals surface area contributed by atoms with E-state index in [2.05, 4.69) is 20.6 Å². The Kier molecular flexibility index (Phi) is 4.67. The van der Waals surface area contributed by atoms with Crippen LogP contribution in [-0.4, -0.2) is 15.9 Å². The average Bonchev–Trinajstić information content (AvgIpc) is 2.57. The fourth-order valence-corrected chi connectivity index (χ4v) is 2.15. The molecule has 0 saturated carbocycles. The first-order valence-electron chi connectivity index (χ1n) is 7.02. The minimum absolute atomic E-state index is 0.259. The van der Waals surface area contributed by atoms with Crippen molar-refractivity contribution in [2.75, 3.05) is 10.6 Å². The number of amides is 1. The number of hydrogen-bond donors (Lipinski definition) is 2. The molecule has 0 bridgehead atoms. The molecule has 0 aliphatic heterocycles. The van der Waals surface area contributed by atoms with Crippen LogP contribution in [-0.2, 0) is 0 Å². The maximum Gasteiger partial charge on any atom is 0.258 e. The lowest BCUT2D eigenvalue weighted by Gasteiger charge is -2.08. The van der Waals surface area contributed by atoms with Crippen LogP contribution < -0.4 is 10.6 Å². The SMILES string of the molecule is O=C(Nc1ccccc1Cl)c1cnc(Nc2cccc(F)c2)nc1. The van der Waals surface area contributed by atoms with Gasteiger partial charge in [0.25, 0.3) is 5.91 Å². The van der Waals surface area contributed by atoms with Crippen molar-refractivity contribution < 1.29 is 9.18 Å². The molecule has 0 aliphatic rings. The molecule has 120 valence electrons. The normalized spacial score (nSPS) is 10.2. The number of aromatic nitrogens is 2. The van der Waals surface area contributed by atoms with Crippen molar-refractivity contribution in [1.82, 2.24) is 9.97 Å². The van der Waals surface area contributed by atoms with E-state index in [0.717, 1.165) is 0 Å². The third kappa shape index (κ3) is 3.85. The summed E-state index contributed by atoms with van der Waals surface area (Å²) < 4.78 is 13.1. The molecule has 0 fully saturated rings. The second kappa shape index (κ2) is 7.06. The summed E-state index contributed by atoms with van der Waals surface area (Å²) in [5, 5.41) is 5.98. The number of carbonyl (C=O) groups is 1. The summed E-state index contributed by atoms with van der Waals surface area (Å²) in [6, 6.07) is 12.8. The molecule has 2 N–H and O–H groups in total. The Morgan fingerprint density at radius 1 is 1.04 bits per heavy atom. The van der Waals surface area contributed by atoms with Crippen molar-refractivity contribution >= 4 is 34.8 Å². The van der Waals surface area contributed by atoms with E-state index in [-0.39, 0.29) is 23.2 Å². The molecule has 0 aliphatic carbocycles. The van der Waals surface area contributed by atoms with Crippen LogP contribution in [0.4, 0.5) is 21.7 Å². The van der Waals surface area contributed by atoms with Gasteiger partial charge in [-0.15, -0.1) is 0 Å². The average molecular weight is 343 g/mol. The Balaban J connectivity index is 1.70. The van der Waals surface area contributed by atoms with Crippen LogP contribution in [0.25, 0.3) is 0 Å². The second-order valence-electron chi connectivity index (χ2n) is 4.86. The number of nitrogens with one attached hydrogen (secondary N) is 2. The molecule has 1 aromatic heterocycles. The van der Waals surface area contributed by atoms with Crippen molar-refractivity contribution in [3.05, 3.63) is 77.3 Å². The van der Waals surface area contributed by atoms with E-state index in [4.69, 9.17) is 11.6 Å². The fourth-order valence-electron chi connectivity index (χ4n) is 1.96. The summed E-state index contributed by atoms with van der Waals surface area (Å²) >= 11 is 6.00. The van der Waals surface area contributed by atoms with Crippen LogP contribution in [0, 0.1) is 5.82 Å². The van der Waals surface area contributed by atoms with E-state index < -0.39 is 0 Å². The van der Waals surface area contributed by atoms with Gasteiger partial charge >= 0.3 is 0 Å². The Bertz CT molecular complexity index is 870. The first-order valence-corrected chi connectivity index (χ1v) is 7.40. The van der Waals surface area contributed by atoms with Crippen LogP contribution in [0.2, 0.25) is 5.02 Å². The second-order valence-corrected chi connectivity index (χ2v) is 5.27. The summed E-state index contributed by atoms with van der Waals surface area (Å²) in [6.07, 6.45) is 2.75. The van der Waals surface area contributed by atoms with Crippen molar-refractivity contribution in [3.8, 4) is 0 Å². The van der Waals surface area contributed by atoms with E-state index in [0.29, 0.717) is 16.4 Å². The zero-order valence-corrected chi connectivity index (χ0v) is 13.1. The van der Waals surface area contributed by atoms with Gasteiger partial charge in [0.1, 0.15) is 5.82 Å². The van der Waals surface area contributed by atoms with Crippen LogP contribution in [0.1, 0.15) is 10.4 Å². The highest BCUT2D eigenvalue weighted by Crippen LogP contribution is 2.21. The van der Waals surface area contributed by atoms with Gasteiger partial charge in [0.2, 0.25) is 5.95 Å². The zero-order chi connectivity index (χ0) is 16.9. The number of halogens is 2. The highest BCUT2D eigenvalue weighted by Gasteiger charge is 2.09. The van der Waals surface area contributed by atoms with Gasteiger partial charge in [-0.3, -0.25) is 4.79 Å². The van der Waals surface area contributed by atoms with Crippen LogP contribution in [0.5, 0.6) is 0 Å². The number of rotatable bonds is 4. The number of anilines is 3. The van der Waals surface area contributed by atoms with Crippen molar-refractivity contribution in [3.63, 3.8) is 0 Å². The number of nitrogens with zero attached hydrogens (tertiary/aromatic N) is 2. The summed E-state index contributed by atoms with van der Waals surface area (Å²) in [5.41, 5.74) is 1.30. The number of carbonyl (C=O) groups excluding carboxylic acids is 1. The molecule has 3 rings (SSSR count). The third-order valence-electron chi connectivity index (χ3n) is 3.12. The Hall–Kier alpha value is -2.99. The predicted octanol–water partition coefficient (Wildman–Crippen LogP) is 4.27. The fraction of sp³-hybridized carbons (Fsp3) is 0. The van der Waals surface area contributed by atoms with Crippen LogP contribution >= 0.6 is 11.6 Å². The molecule has 1 heterocycles. The molecule has 5 nitrogen and oxygen atoms in total. The molecule has 1 amide bonds.